The van der Waals surface area contributed by atoms with E-state index in [0.29, 0.717) is 6.54 Å². The van der Waals surface area contributed by atoms with E-state index in [-0.39, 0.29) is 11.8 Å². The van der Waals surface area contributed by atoms with Crippen LogP contribution in [0, 0.1) is 6.92 Å². The van der Waals surface area contributed by atoms with Crippen molar-refractivity contribution in [1.82, 2.24) is 20.2 Å². The Kier molecular flexibility index (Phi) is 5.32. The van der Waals surface area contributed by atoms with E-state index in [1.165, 1.54) is 19.3 Å². The molecule has 3 heterocycles. The van der Waals surface area contributed by atoms with Crippen molar-refractivity contribution in [3.05, 3.63) is 58.4 Å². The Bertz CT molecular complexity index is 1150. The van der Waals surface area contributed by atoms with Gasteiger partial charge in [0.1, 0.15) is 0 Å². The van der Waals surface area contributed by atoms with Crippen LogP contribution in [0.4, 0.5) is 0 Å². The van der Waals surface area contributed by atoms with E-state index in [1.807, 2.05) is 31.2 Å². The molecule has 3 aromatic rings. The molecule has 1 saturated heterocycles. The molecule has 1 aliphatic heterocycles. The van der Waals surface area contributed by atoms with Crippen LogP contribution in [0.5, 0.6) is 5.88 Å². The number of aromatic amines is 2. The number of aromatic nitrogens is 2. The number of rotatable bonds is 5. The normalized spacial score (nSPS) is 16.9. The average molecular weight is 419 g/mol. The van der Waals surface area contributed by atoms with Gasteiger partial charge >= 0.3 is 0 Å². The molecule has 162 valence electrons. The van der Waals surface area contributed by atoms with Crippen molar-refractivity contribution in [1.29, 1.82) is 0 Å². The van der Waals surface area contributed by atoms with Crippen LogP contribution in [0.3, 0.4) is 0 Å². The van der Waals surface area contributed by atoms with Gasteiger partial charge in [-0.1, -0.05) is 30.7 Å². The number of allylic oxidation sites excluding steroid dienone is 1. The van der Waals surface area contributed by atoms with Crippen molar-refractivity contribution in [2.45, 2.75) is 39.0 Å². The van der Waals surface area contributed by atoms with Crippen LogP contribution in [-0.2, 0) is 6.42 Å². The summed E-state index contributed by atoms with van der Waals surface area (Å²) >= 11 is 0. The minimum Gasteiger partial charge on any atom is -0.494 e. The first kappa shape index (κ1) is 19.9. The number of fused-ring (bicyclic) bond motifs is 2. The lowest BCUT2D eigenvalue weighted by atomic mass is 9.89. The molecule has 1 fully saturated rings. The highest BCUT2D eigenvalue weighted by atomic mass is 16.3. The third kappa shape index (κ3) is 3.65. The van der Waals surface area contributed by atoms with Crippen LogP contribution in [0.25, 0.3) is 16.5 Å². The molecule has 1 aliphatic carbocycles. The molecule has 1 amide bonds. The lowest BCUT2D eigenvalue weighted by molar-refractivity contribution is 0.0945. The van der Waals surface area contributed by atoms with E-state index in [2.05, 4.69) is 26.3 Å². The van der Waals surface area contributed by atoms with Crippen molar-refractivity contribution in [3.8, 4) is 5.88 Å². The summed E-state index contributed by atoms with van der Waals surface area (Å²) in [6.07, 6.45) is 7.65. The van der Waals surface area contributed by atoms with E-state index in [0.717, 1.165) is 77.0 Å². The van der Waals surface area contributed by atoms with E-state index < -0.39 is 0 Å². The van der Waals surface area contributed by atoms with Gasteiger partial charge in [-0.25, -0.2) is 0 Å². The summed E-state index contributed by atoms with van der Waals surface area (Å²) in [4.78, 5) is 22.0. The largest absolute Gasteiger partial charge is 0.494 e. The Balaban J connectivity index is 1.40. The lowest BCUT2D eigenvalue weighted by Crippen LogP contribution is -2.37. The van der Waals surface area contributed by atoms with Crippen LogP contribution in [0.2, 0.25) is 0 Å². The smallest absolute Gasteiger partial charge is 0.253 e. The average Bonchev–Trinajstić information content (AvgIpc) is 3.29. The molecule has 0 unspecified atom stereocenters. The van der Waals surface area contributed by atoms with E-state index in [4.69, 9.17) is 0 Å². The first-order valence-electron chi connectivity index (χ1n) is 11.4. The molecule has 0 bridgehead atoms. The monoisotopic (exact) mass is 418 g/mol. The van der Waals surface area contributed by atoms with Gasteiger partial charge in [-0.15, -0.1) is 0 Å². The number of aromatic hydroxyl groups is 1. The number of aryl methyl sites for hydroxylation is 1. The van der Waals surface area contributed by atoms with Gasteiger partial charge in [-0.3, -0.25) is 4.79 Å². The van der Waals surface area contributed by atoms with Crippen molar-refractivity contribution in [3.63, 3.8) is 0 Å². The Morgan fingerprint density at radius 2 is 1.97 bits per heavy atom. The number of carbonyl (C=O) groups is 1. The topological polar surface area (TPSA) is 84.2 Å². The number of hydrogen-bond donors (Lipinski definition) is 4. The van der Waals surface area contributed by atoms with Crippen LogP contribution >= 0.6 is 0 Å². The summed E-state index contributed by atoms with van der Waals surface area (Å²) in [6, 6.07) is 7.91. The predicted octanol–water partition coefficient (Wildman–Crippen LogP) is 4.10. The zero-order valence-electron chi connectivity index (χ0n) is 18.1. The van der Waals surface area contributed by atoms with E-state index >= 15 is 0 Å². The molecule has 5 rings (SSSR count). The number of amides is 1. The first-order valence-corrected chi connectivity index (χ1v) is 11.4. The maximum Gasteiger partial charge on any atom is 0.253 e. The first-order chi connectivity index (χ1) is 15.1. The van der Waals surface area contributed by atoms with Crippen LogP contribution < -0.4 is 5.32 Å². The van der Waals surface area contributed by atoms with Gasteiger partial charge in [0.15, 0.2) is 5.88 Å². The summed E-state index contributed by atoms with van der Waals surface area (Å²) in [5.74, 6) is 0.163. The van der Waals surface area contributed by atoms with E-state index in [1.54, 1.807) is 0 Å². The molecular formula is C25H30N4O2. The zero-order chi connectivity index (χ0) is 21.4. The number of piperidine rings is 1. The van der Waals surface area contributed by atoms with Gasteiger partial charge < -0.3 is 25.3 Å². The number of nitrogens with one attached hydrogen (secondary N) is 3. The lowest BCUT2D eigenvalue weighted by Gasteiger charge is -2.26. The molecular weight excluding hydrogens is 388 g/mol. The molecule has 0 radical (unpaired) electrons. The third-order valence-electron chi connectivity index (χ3n) is 6.65. The molecule has 6 nitrogen and oxygen atoms in total. The van der Waals surface area contributed by atoms with Crippen molar-refractivity contribution in [2.24, 2.45) is 0 Å². The summed E-state index contributed by atoms with van der Waals surface area (Å²) in [6.45, 7) is 5.81. The van der Waals surface area contributed by atoms with Gasteiger partial charge in [-0.2, -0.15) is 0 Å². The number of para-hydroxylation sites is 1. The van der Waals surface area contributed by atoms with Gasteiger partial charge in [0.05, 0.1) is 16.8 Å². The number of H-pyrrole nitrogens is 2. The van der Waals surface area contributed by atoms with Gasteiger partial charge in [0, 0.05) is 35.3 Å². The molecule has 1 aromatic carbocycles. The highest BCUT2D eigenvalue weighted by molar-refractivity contribution is 6.03. The molecule has 0 saturated carbocycles. The minimum atomic E-state index is -0.00333. The summed E-state index contributed by atoms with van der Waals surface area (Å²) < 4.78 is 0. The van der Waals surface area contributed by atoms with Gasteiger partial charge in [0.2, 0.25) is 0 Å². The number of benzene rings is 1. The summed E-state index contributed by atoms with van der Waals surface area (Å²) in [7, 11) is 0. The van der Waals surface area contributed by atoms with Crippen LogP contribution in [0.1, 0.15) is 58.6 Å². The highest BCUT2D eigenvalue weighted by Crippen LogP contribution is 2.41. The predicted molar refractivity (Wildman–Crippen MR) is 124 cm³/mol. The maximum atomic E-state index is 13.1. The molecule has 0 spiro atoms. The second-order valence-corrected chi connectivity index (χ2v) is 8.69. The molecule has 2 aliphatic rings. The fraction of sp³-hybridized carbons (Fsp3) is 0.400. The molecule has 0 atom stereocenters. The van der Waals surface area contributed by atoms with Gasteiger partial charge in [-0.05, 0) is 57.3 Å². The molecule has 31 heavy (non-hydrogen) atoms. The Labute approximate surface area is 182 Å². The second-order valence-electron chi connectivity index (χ2n) is 8.69. The standard InChI is InChI=1S/C25H30N4O2/c1-16-21(24(30)26-12-15-29-13-5-2-6-14-29)18-9-7-10-19(23(18)27-16)22-17-8-3-4-11-20(17)28-25(22)31/h3-4,8,10-11,27-28,31H,2,5-7,9,12-15H2,1H3,(H,26,30). The van der Waals surface area contributed by atoms with Crippen molar-refractivity contribution < 1.29 is 9.90 Å². The molecule has 4 N–H and O–H groups in total. The molecule has 6 heteroatoms. The number of carbonyl (C=O) groups excluding carboxylic acids is 1. The SMILES string of the molecule is Cc1[nH]c2c(c1C(=O)NCCN1CCCCC1)CCC=C2c1c(O)[nH]c2ccccc12. The quantitative estimate of drug-likeness (QED) is 0.503. The Morgan fingerprint density at radius 3 is 2.81 bits per heavy atom. The van der Waals surface area contributed by atoms with E-state index in [9.17, 15) is 9.90 Å². The zero-order valence-corrected chi connectivity index (χ0v) is 18.1. The second kappa shape index (κ2) is 8.27. The number of nitrogens with zero attached hydrogens (tertiary/aromatic N) is 1. The minimum absolute atomic E-state index is 0.00333. The van der Waals surface area contributed by atoms with Crippen LogP contribution in [-0.4, -0.2) is 52.1 Å². The number of hydrogen-bond acceptors (Lipinski definition) is 3. The highest BCUT2D eigenvalue weighted by Gasteiger charge is 2.28. The number of likely N-dealkylation sites (tertiary alicyclic amines) is 1. The van der Waals surface area contributed by atoms with Gasteiger partial charge in [0.25, 0.3) is 5.91 Å². The fourth-order valence-electron chi connectivity index (χ4n) is 5.15. The third-order valence-corrected chi connectivity index (χ3v) is 6.65. The Hall–Kier alpha value is -2.99. The van der Waals surface area contributed by atoms with Crippen LogP contribution in [0.15, 0.2) is 30.3 Å². The maximum absolute atomic E-state index is 13.1. The van der Waals surface area contributed by atoms with Crippen molar-refractivity contribution in [2.75, 3.05) is 26.2 Å². The summed E-state index contributed by atoms with van der Waals surface area (Å²) in [5, 5.41) is 14.8. The summed E-state index contributed by atoms with van der Waals surface area (Å²) in [5.41, 5.74) is 6.31. The Morgan fingerprint density at radius 1 is 1.16 bits per heavy atom. The fourth-order valence-corrected chi connectivity index (χ4v) is 5.15. The molecule has 2 aromatic heterocycles. The van der Waals surface area contributed by atoms with Crippen molar-refractivity contribution >= 4 is 22.4 Å².